The molecule has 0 fully saturated rings. The first-order valence-corrected chi connectivity index (χ1v) is 8.45. The Morgan fingerprint density at radius 2 is 1.96 bits per heavy atom. The van der Waals surface area contributed by atoms with Gasteiger partial charge in [0.25, 0.3) is 11.8 Å². The van der Waals surface area contributed by atoms with Crippen molar-refractivity contribution >= 4 is 28.5 Å². The van der Waals surface area contributed by atoms with Crippen LogP contribution in [0.2, 0.25) is 0 Å². The Bertz CT molecular complexity index is 1130. The molecule has 28 heavy (non-hydrogen) atoms. The molecule has 4 aromatic rings. The molecule has 0 aliphatic rings. The summed E-state index contributed by atoms with van der Waals surface area (Å²) >= 11 is 0. The van der Waals surface area contributed by atoms with E-state index in [-0.39, 0.29) is 24.0 Å². The number of aromatic amines is 1. The van der Waals surface area contributed by atoms with Crippen molar-refractivity contribution in [3.63, 3.8) is 0 Å². The molecule has 4 rings (SSSR count). The Balaban J connectivity index is 1.51. The standard InChI is InChI=1S/C20H15FN4O3/c21-13-5-3-12(4-6-13)9-24-19(26)16-11-23-18-15(16)8-14(10-22-18)25-20(27)17-2-1-7-28-17/h1-8,10-11H,9H2,(H,22,23)(H,24,26)(H,25,27). The lowest BCUT2D eigenvalue weighted by molar-refractivity contribution is 0.0951. The number of furan rings is 1. The summed E-state index contributed by atoms with van der Waals surface area (Å²) in [5.41, 5.74) is 2.11. The number of fused-ring (bicyclic) bond motifs is 1. The van der Waals surface area contributed by atoms with E-state index in [1.807, 2.05) is 0 Å². The van der Waals surface area contributed by atoms with Crippen LogP contribution in [0.25, 0.3) is 11.0 Å². The number of nitrogens with one attached hydrogen (secondary N) is 3. The summed E-state index contributed by atoms with van der Waals surface area (Å²) in [7, 11) is 0. The number of pyridine rings is 1. The van der Waals surface area contributed by atoms with E-state index >= 15 is 0 Å². The summed E-state index contributed by atoms with van der Waals surface area (Å²) in [6, 6.07) is 10.7. The molecule has 0 aliphatic carbocycles. The van der Waals surface area contributed by atoms with Gasteiger partial charge >= 0.3 is 0 Å². The number of H-pyrrole nitrogens is 1. The van der Waals surface area contributed by atoms with Gasteiger partial charge in [0, 0.05) is 18.1 Å². The smallest absolute Gasteiger partial charge is 0.291 e. The number of rotatable bonds is 5. The summed E-state index contributed by atoms with van der Waals surface area (Å²) in [6.07, 6.45) is 4.45. The molecule has 140 valence electrons. The van der Waals surface area contributed by atoms with E-state index in [1.54, 1.807) is 36.5 Å². The Hall–Kier alpha value is -3.94. The van der Waals surface area contributed by atoms with Crippen molar-refractivity contribution in [3.05, 3.63) is 83.8 Å². The van der Waals surface area contributed by atoms with Crippen molar-refractivity contribution in [2.75, 3.05) is 5.32 Å². The second-order valence-corrected chi connectivity index (χ2v) is 6.06. The highest BCUT2D eigenvalue weighted by Crippen LogP contribution is 2.21. The molecule has 0 bridgehead atoms. The minimum Gasteiger partial charge on any atom is -0.459 e. The molecule has 0 unspecified atom stereocenters. The number of nitrogens with zero attached hydrogens (tertiary/aromatic N) is 1. The van der Waals surface area contributed by atoms with E-state index in [9.17, 15) is 14.0 Å². The molecule has 1 aromatic carbocycles. The first-order chi connectivity index (χ1) is 13.6. The van der Waals surface area contributed by atoms with Crippen molar-refractivity contribution in [3.8, 4) is 0 Å². The van der Waals surface area contributed by atoms with E-state index in [2.05, 4.69) is 20.6 Å². The van der Waals surface area contributed by atoms with Gasteiger partial charge in [-0.15, -0.1) is 0 Å². The average molecular weight is 378 g/mol. The Morgan fingerprint density at radius 3 is 2.71 bits per heavy atom. The number of hydrogen-bond acceptors (Lipinski definition) is 4. The van der Waals surface area contributed by atoms with Crippen molar-refractivity contribution in [1.82, 2.24) is 15.3 Å². The molecule has 3 N–H and O–H groups in total. The highest BCUT2D eigenvalue weighted by atomic mass is 19.1. The molecule has 0 aliphatic heterocycles. The fourth-order valence-electron chi connectivity index (χ4n) is 2.74. The topological polar surface area (TPSA) is 100 Å². The number of benzene rings is 1. The first-order valence-electron chi connectivity index (χ1n) is 8.45. The van der Waals surface area contributed by atoms with Gasteiger partial charge < -0.3 is 20.0 Å². The number of carbonyl (C=O) groups is 2. The number of aromatic nitrogens is 2. The quantitative estimate of drug-likeness (QED) is 0.495. The van der Waals surface area contributed by atoms with E-state index in [4.69, 9.17) is 4.42 Å². The molecule has 0 atom stereocenters. The van der Waals surface area contributed by atoms with Crippen molar-refractivity contribution < 1.29 is 18.4 Å². The summed E-state index contributed by atoms with van der Waals surface area (Å²) in [6.45, 7) is 0.258. The predicted molar refractivity (Wildman–Crippen MR) is 100 cm³/mol. The molecule has 2 amide bonds. The van der Waals surface area contributed by atoms with Crippen LogP contribution in [-0.4, -0.2) is 21.8 Å². The van der Waals surface area contributed by atoms with Crippen molar-refractivity contribution in [2.24, 2.45) is 0 Å². The number of anilines is 1. The molecule has 0 saturated carbocycles. The maximum absolute atomic E-state index is 13.0. The Morgan fingerprint density at radius 1 is 1.14 bits per heavy atom. The second-order valence-electron chi connectivity index (χ2n) is 6.06. The van der Waals surface area contributed by atoms with Crippen LogP contribution in [0, 0.1) is 5.82 Å². The lowest BCUT2D eigenvalue weighted by Gasteiger charge is -2.06. The third kappa shape index (κ3) is 3.61. The molecule has 0 radical (unpaired) electrons. The zero-order valence-electron chi connectivity index (χ0n) is 14.5. The minimum atomic E-state index is -0.413. The maximum atomic E-state index is 13.0. The second kappa shape index (κ2) is 7.36. The van der Waals surface area contributed by atoms with Crippen LogP contribution in [0.1, 0.15) is 26.5 Å². The molecule has 8 heteroatoms. The molecule has 0 saturated heterocycles. The van der Waals surface area contributed by atoms with Gasteiger partial charge in [-0.25, -0.2) is 9.37 Å². The molecule has 0 spiro atoms. The summed E-state index contributed by atoms with van der Waals surface area (Å²) < 4.78 is 18.0. The lowest BCUT2D eigenvalue weighted by atomic mass is 10.2. The SMILES string of the molecule is O=C(Nc1cnc2[nH]cc(C(=O)NCc3ccc(F)cc3)c2c1)c1ccco1. The van der Waals surface area contributed by atoms with Gasteiger partial charge in [-0.3, -0.25) is 9.59 Å². The van der Waals surface area contributed by atoms with Crippen LogP contribution in [-0.2, 0) is 6.54 Å². The van der Waals surface area contributed by atoms with Crippen molar-refractivity contribution in [1.29, 1.82) is 0 Å². The highest BCUT2D eigenvalue weighted by molar-refractivity contribution is 6.08. The maximum Gasteiger partial charge on any atom is 0.291 e. The molecular formula is C20H15FN4O3. The van der Waals surface area contributed by atoms with Gasteiger partial charge in [0.2, 0.25) is 0 Å². The van der Waals surface area contributed by atoms with Gasteiger partial charge in [-0.2, -0.15) is 0 Å². The van der Waals surface area contributed by atoms with Crippen molar-refractivity contribution in [2.45, 2.75) is 6.54 Å². The molecular weight excluding hydrogens is 363 g/mol. The third-order valence-electron chi connectivity index (χ3n) is 4.14. The van der Waals surface area contributed by atoms with Gasteiger partial charge in [0.05, 0.1) is 23.7 Å². The fraction of sp³-hybridized carbons (Fsp3) is 0.0500. The fourth-order valence-corrected chi connectivity index (χ4v) is 2.74. The van der Waals surface area contributed by atoms with Crippen LogP contribution in [0.4, 0.5) is 10.1 Å². The number of amides is 2. The van der Waals surface area contributed by atoms with Gasteiger partial charge in [0.1, 0.15) is 11.5 Å². The first kappa shape index (κ1) is 17.5. The van der Waals surface area contributed by atoms with E-state index in [0.29, 0.717) is 22.3 Å². The number of carbonyl (C=O) groups excluding carboxylic acids is 2. The van der Waals surface area contributed by atoms with E-state index in [0.717, 1.165) is 5.56 Å². The zero-order chi connectivity index (χ0) is 19.5. The van der Waals surface area contributed by atoms with Crippen LogP contribution in [0.15, 0.2) is 65.5 Å². The zero-order valence-corrected chi connectivity index (χ0v) is 14.5. The molecule has 3 aromatic heterocycles. The summed E-state index contributed by atoms with van der Waals surface area (Å²) in [4.78, 5) is 31.8. The summed E-state index contributed by atoms with van der Waals surface area (Å²) in [5.74, 6) is -0.885. The molecule has 7 nitrogen and oxygen atoms in total. The number of hydrogen-bond donors (Lipinski definition) is 3. The largest absolute Gasteiger partial charge is 0.459 e. The number of halogens is 1. The molecule has 3 heterocycles. The lowest BCUT2D eigenvalue weighted by Crippen LogP contribution is -2.22. The summed E-state index contributed by atoms with van der Waals surface area (Å²) in [5, 5.41) is 6.03. The normalized spacial score (nSPS) is 10.8. The van der Waals surface area contributed by atoms with Crippen LogP contribution in [0.3, 0.4) is 0 Å². The van der Waals surface area contributed by atoms with E-state index < -0.39 is 5.91 Å². The van der Waals surface area contributed by atoms with Crippen LogP contribution < -0.4 is 10.6 Å². The monoisotopic (exact) mass is 378 g/mol. The van der Waals surface area contributed by atoms with Gasteiger partial charge in [-0.05, 0) is 35.9 Å². The Labute approximate surface area is 158 Å². The Kier molecular flexibility index (Phi) is 4.59. The minimum absolute atomic E-state index is 0.173. The van der Waals surface area contributed by atoms with Crippen LogP contribution >= 0.6 is 0 Å². The predicted octanol–water partition coefficient (Wildman–Crippen LogP) is 3.48. The van der Waals surface area contributed by atoms with Gasteiger partial charge in [0.15, 0.2) is 5.76 Å². The van der Waals surface area contributed by atoms with Gasteiger partial charge in [-0.1, -0.05) is 12.1 Å². The van der Waals surface area contributed by atoms with Crippen LogP contribution in [0.5, 0.6) is 0 Å². The average Bonchev–Trinajstić information content (AvgIpc) is 3.37. The third-order valence-corrected chi connectivity index (χ3v) is 4.14. The highest BCUT2D eigenvalue weighted by Gasteiger charge is 2.15. The van der Waals surface area contributed by atoms with E-state index in [1.165, 1.54) is 24.6 Å².